The van der Waals surface area contributed by atoms with E-state index in [0.717, 1.165) is 17.1 Å². The van der Waals surface area contributed by atoms with Crippen LogP contribution >= 0.6 is 0 Å². The second kappa shape index (κ2) is 7.03. The van der Waals surface area contributed by atoms with Crippen LogP contribution in [0.25, 0.3) is 0 Å². The first-order chi connectivity index (χ1) is 12.7. The zero-order valence-corrected chi connectivity index (χ0v) is 16.5. The van der Waals surface area contributed by atoms with Gasteiger partial charge in [-0.25, -0.2) is 0 Å². The molecule has 3 rings (SSSR count). The summed E-state index contributed by atoms with van der Waals surface area (Å²) in [6.45, 7) is 7.66. The van der Waals surface area contributed by atoms with Crippen LogP contribution in [0.15, 0.2) is 60.3 Å². The van der Waals surface area contributed by atoms with Gasteiger partial charge in [0, 0.05) is 41.2 Å². The summed E-state index contributed by atoms with van der Waals surface area (Å²) < 4.78 is 0. The number of hydrogen-bond donors (Lipinski definition) is 1. The Bertz CT molecular complexity index is 927. The highest BCUT2D eigenvalue weighted by molar-refractivity contribution is 5.98. The summed E-state index contributed by atoms with van der Waals surface area (Å²) in [5, 5.41) is 3.21. The van der Waals surface area contributed by atoms with Crippen LogP contribution in [-0.4, -0.2) is 24.7 Å². The number of rotatable bonds is 5. The minimum atomic E-state index is -0.396. The minimum Gasteiger partial charge on any atom is -0.375 e. The second-order valence-corrected chi connectivity index (χ2v) is 7.64. The number of hydrogen-bond acceptors (Lipinski definition) is 4. The topological polar surface area (TPSA) is 49.4 Å². The van der Waals surface area contributed by atoms with Crippen LogP contribution < -0.4 is 10.2 Å². The highest BCUT2D eigenvalue weighted by Gasteiger charge is 2.38. The lowest BCUT2D eigenvalue weighted by Crippen LogP contribution is -2.29. The fourth-order valence-electron chi connectivity index (χ4n) is 3.67. The van der Waals surface area contributed by atoms with Crippen LogP contribution in [-0.2, 0) is 10.2 Å². The SMILES string of the molecule is CC(=O)c1cccc(NC(C)C(=O)C=C2N(C)c3ccccc3C2(C)C)c1. The van der Waals surface area contributed by atoms with E-state index in [1.54, 1.807) is 18.2 Å². The number of Topliss-reactive ketones (excluding diaryl/α,β-unsaturated/α-hetero) is 1. The summed E-state index contributed by atoms with van der Waals surface area (Å²) in [7, 11) is 2.00. The number of likely N-dealkylation sites (N-methyl/N-ethyl adjacent to an activating group) is 1. The number of nitrogens with one attached hydrogen (secondary N) is 1. The molecule has 0 spiro atoms. The molecule has 27 heavy (non-hydrogen) atoms. The Morgan fingerprint density at radius 2 is 1.81 bits per heavy atom. The van der Waals surface area contributed by atoms with Crippen molar-refractivity contribution in [1.82, 2.24) is 0 Å². The Kier molecular flexibility index (Phi) is 4.92. The van der Waals surface area contributed by atoms with Gasteiger partial charge in [0.15, 0.2) is 11.6 Å². The maximum atomic E-state index is 12.9. The number of fused-ring (bicyclic) bond motifs is 1. The molecule has 0 amide bonds. The van der Waals surface area contributed by atoms with E-state index >= 15 is 0 Å². The van der Waals surface area contributed by atoms with Crippen molar-refractivity contribution in [2.75, 3.05) is 17.3 Å². The fourth-order valence-corrected chi connectivity index (χ4v) is 3.67. The third kappa shape index (κ3) is 3.52. The minimum absolute atomic E-state index is 0.00552. The molecule has 0 saturated carbocycles. The standard InChI is InChI=1S/C23H26N2O2/c1-15(24-18-10-8-9-17(13-18)16(2)26)21(27)14-22-23(3,4)19-11-6-7-12-20(19)25(22)5/h6-15,24H,1-5H3. The summed E-state index contributed by atoms with van der Waals surface area (Å²) in [4.78, 5) is 26.5. The first-order valence-corrected chi connectivity index (χ1v) is 9.18. The predicted octanol–water partition coefficient (Wildman–Crippen LogP) is 4.57. The maximum absolute atomic E-state index is 12.9. The van der Waals surface area contributed by atoms with Crippen LogP contribution in [0.5, 0.6) is 0 Å². The molecule has 1 aliphatic heterocycles. The van der Waals surface area contributed by atoms with Gasteiger partial charge in [0.1, 0.15) is 0 Å². The van der Waals surface area contributed by atoms with Crippen molar-refractivity contribution in [2.45, 2.75) is 39.2 Å². The lowest BCUT2D eigenvalue weighted by atomic mass is 9.83. The van der Waals surface area contributed by atoms with E-state index in [-0.39, 0.29) is 17.0 Å². The van der Waals surface area contributed by atoms with Crippen LogP contribution in [0, 0.1) is 0 Å². The maximum Gasteiger partial charge on any atom is 0.179 e. The highest BCUT2D eigenvalue weighted by Crippen LogP contribution is 2.46. The first-order valence-electron chi connectivity index (χ1n) is 9.18. The van der Waals surface area contributed by atoms with Gasteiger partial charge in [-0.2, -0.15) is 0 Å². The Hall–Kier alpha value is -2.88. The third-order valence-corrected chi connectivity index (χ3v) is 5.30. The third-order valence-electron chi connectivity index (χ3n) is 5.30. The lowest BCUT2D eigenvalue weighted by molar-refractivity contribution is -0.115. The Labute approximate surface area is 160 Å². The molecule has 140 valence electrons. The molecule has 1 aliphatic rings. The molecule has 4 nitrogen and oxygen atoms in total. The van der Waals surface area contributed by atoms with E-state index in [0.29, 0.717) is 5.56 Å². The van der Waals surface area contributed by atoms with Gasteiger partial charge in [0.2, 0.25) is 0 Å². The Balaban J connectivity index is 1.82. The molecule has 4 heteroatoms. The van der Waals surface area contributed by atoms with E-state index < -0.39 is 6.04 Å². The van der Waals surface area contributed by atoms with Crippen molar-refractivity contribution in [3.05, 3.63) is 71.4 Å². The number of para-hydroxylation sites is 1. The van der Waals surface area contributed by atoms with E-state index in [9.17, 15) is 9.59 Å². The van der Waals surface area contributed by atoms with E-state index in [1.807, 2.05) is 38.2 Å². The summed E-state index contributed by atoms with van der Waals surface area (Å²) >= 11 is 0. The average molecular weight is 362 g/mol. The van der Waals surface area contributed by atoms with Crippen molar-refractivity contribution in [3.8, 4) is 0 Å². The van der Waals surface area contributed by atoms with Crippen molar-refractivity contribution in [2.24, 2.45) is 0 Å². The Morgan fingerprint density at radius 3 is 2.48 bits per heavy atom. The van der Waals surface area contributed by atoms with E-state index in [4.69, 9.17) is 0 Å². The summed E-state index contributed by atoms with van der Waals surface area (Å²) in [5.41, 5.74) is 4.52. The van der Waals surface area contributed by atoms with Crippen LogP contribution in [0.4, 0.5) is 11.4 Å². The number of allylic oxidation sites excluding steroid dienone is 1. The Morgan fingerprint density at radius 1 is 1.11 bits per heavy atom. The van der Waals surface area contributed by atoms with Crippen LogP contribution in [0.1, 0.15) is 43.6 Å². The average Bonchev–Trinajstić information content (AvgIpc) is 2.83. The molecule has 0 radical (unpaired) electrons. The highest BCUT2D eigenvalue weighted by atomic mass is 16.1. The predicted molar refractivity (Wildman–Crippen MR) is 110 cm³/mol. The first kappa shape index (κ1) is 18.9. The zero-order chi connectivity index (χ0) is 19.8. The summed E-state index contributed by atoms with van der Waals surface area (Å²) in [6, 6.07) is 15.1. The molecule has 0 aliphatic carbocycles. The lowest BCUT2D eigenvalue weighted by Gasteiger charge is -2.24. The number of nitrogens with zero attached hydrogens (tertiary/aromatic N) is 1. The van der Waals surface area contributed by atoms with Gasteiger partial charge in [-0.3, -0.25) is 9.59 Å². The molecule has 1 unspecified atom stereocenters. The van der Waals surface area contributed by atoms with Gasteiger partial charge in [0.05, 0.1) is 6.04 Å². The molecule has 1 heterocycles. The van der Waals surface area contributed by atoms with Gasteiger partial charge in [-0.15, -0.1) is 0 Å². The second-order valence-electron chi connectivity index (χ2n) is 7.64. The molecule has 0 fully saturated rings. The number of carbonyl (C=O) groups is 2. The molecule has 0 bridgehead atoms. The largest absolute Gasteiger partial charge is 0.375 e. The van der Waals surface area contributed by atoms with E-state index in [1.165, 1.54) is 12.5 Å². The normalized spacial score (nSPS) is 17.5. The molecule has 1 N–H and O–H groups in total. The smallest absolute Gasteiger partial charge is 0.179 e. The molecular weight excluding hydrogens is 336 g/mol. The molecule has 2 aromatic rings. The van der Waals surface area contributed by atoms with Crippen LogP contribution in [0.2, 0.25) is 0 Å². The summed E-state index contributed by atoms with van der Waals surface area (Å²) in [5.74, 6) is 0.0119. The fraction of sp³-hybridized carbons (Fsp3) is 0.304. The van der Waals surface area contributed by atoms with Crippen molar-refractivity contribution < 1.29 is 9.59 Å². The number of benzene rings is 2. The monoisotopic (exact) mass is 362 g/mol. The number of carbonyl (C=O) groups excluding carboxylic acids is 2. The van der Waals surface area contributed by atoms with E-state index in [2.05, 4.69) is 36.2 Å². The molecule has 1 atom stereocenters. The van der Waals surface area contributed by atoms with Crippen molar-refractivity contribution in [3.63, 3.8) is 0 Å². The molecule has 0 saturated heterocycles. The van der Waals surface area contributed by atoms with Gasteiger partial charge in [-0.1, -0.05) is 44.2 Å². The van der Waals surface area contributed by atoms with Gasteiger partial charge in [-0.05, 0) is 37.6 Å². The molecule has 0 aromatic heterocycles. The number of anilines is 2. The van der Waals surface area contributed by atoms with Crippen LogP contribution in [0.3, 0.4) is 0 Å². The molecular formula is C23H26N2O2. The van der Waals surface area contributed by atoms with Gasteiger partial charge in [0.25, 0.3) is 0 Å². The van der Waals surface area contributed by atoms with Gasteiger partial charge < -0.3 is 10.2 Å². The summed E-state index contributed by atoms with van der Waals surface area (Å²) in [6.07, 6.45) is 1.74. The molecule has 2 aromatic carbocycles. The van der Waals surface area contributed by atoms with Gasteiger partial charge >= 0.3 is 0 Å². The van der Waals surface area contributed by atoms with Crippen molar-refractivity contribution >= 4 is 22.9 Å². The zero-order valence-electron chi connectivity index (χ0n) is 16.5. The number of ketones is 2. The van der Waals surface area contributed by atoms with Crippen molar-refractivity contribution in [1.29, 1.82) is 0 Å². The quantitative estimate of drug-likeness (QED) is 0.625.